The van der Waals surface area contributed by atoms with Crippen LogP contribution in [0.4, 0.5) is 0 Å². The lowest BCUT2D eigenvalue weighted by molar-refractivity contribution is 0.0520. The van der Waals surface area contributed by atoms with Gasteiger partial charge in [-0.2, -0.15) is 0 Å². The molecule has 22 heavy (non-hydrogen) atoms. The summed E-state index contributed by atoms with van der Waals surface area (Å²) in [6, 6.07) is 5.82. The van der Waals surface area contributed by atoms with Crippen molar-refractivity contribution in [1.29, 1.82) is 0 Å². The second kappa shape index (κ2) is 5.16. The number of carbonyl (C=O) groups is 1. The number of aromatic amines is 1. The summed E-state index contributed by atoms with van der Waals surface area (Å²) in [5.41, 5.74) is 3.17. The van der Waals surface area contributed by atoms with Crippen molar-refractivity contribution in [3.05, 3.63) is 35.0 Å². The van der Waals surface area contributed by atoms with Crippen molar-refractivity contribution in [3.8, 4) is 0 Å². The zero-order chi connectivity index (χ0) is 15.9. The number of aliphatic imine (C=N–C) groups is 1. The minimum absolute atomic E-state index is 0.192. The van der Waals surface area contributed by atoms with E-state index in [1.165, 1.54) is 0 Å². The van der Waals surface area contributed by atoms with Crippen molar-refractivity contribution < 1.29 is 14.3 Å². The third-order valence-electron chi connectivity index (χ3n) is 3.66. The van der Waals surface area contributed by atoms with E-state index in [-0.39, 0.29) is 11.5 Å². The van der Waals surface area contributed by atoms with E-state index >= 15 is 0 Å². The first-order valence-electron chi connectivity index (χ1n) is 7.43. The smallest absolute Gasteiger partial charge is 0.354 e. The standard InChI is InChI=1S/C17H20N2O3/c1-5-21-16(20)14-7-11-6-10(2)12(8-13(11)18-14)15-19-17(3,4)9-22-15/h6-8,18H,5,9H2,1-4H3. The molecule has 1 aromatic heterocycles. The van der Waals surface area contributed by atoms with Crippen LogP contribution in [0.1, 0.15) is 42.4 Å². The molecule has 0 unspecified atom stereocenters. The van der Waals surface area contributed by atoms with Gasteiger partial charge in [-0.25, -0.2) is 9.79 Å². The van der Waals surface area contributed by atoms with Crippen molar-refractivity contribution in [2.45, 2.75) is 33.2 Å². The van der Waals surface area contributed by atoms with Crippen molar-refractivity contribution in [3.63, 3.8) is 0 Å². The SMILES string of the molecule is CCOC(=O)c1cc2cc(C)c(C3=NC(C)(C)CO3)cc2[nH]1. The summed E-state index contributed by atoms with van der Waals surface area (Å²) in [6.45, 7) is 8.84. The molecule has 0 atom stereocenters. The van der Waals surface area contributed by atoms with E-state index in [4.69, 9.17) is 9.47 Å². The number of aryl methyl sites for hydroxylation is 1. The lowest BCUT2D eigenvalue weighted by atomic mass is 10.1. The van der Waals surface area contributed by atoms with Crippen LogP contribution < -0.4 is 0 Å². The summed E-state index contributed by atoms with van der Waals surface area (Å²) in [6.07, 6.45) is 0. The maximum absolute atomic E-state index is 11.8. The van der Waals surface area contributed by atoms with Crippen LogP contribution in [0.15, 0.2) is 23.2 Å². The number of hydrogen-bond acceptors (Lipinski definition) is 4. The van der Waals surface area contributed by atoms with E-state index in [9.17, 15) is 4.79 Å². The van der Waals surface area contributed by atoms with Crippen molar-refractivity contribution in [2.75, 3.05) is 13.2 Å². The first kappa shape index (κ1) is 14.6. The van der Waals surface area contributed by atoms with Gasteiger partial charge in [0, 0.05) is 16.5 Å². The molecule has 1 aliphatic rings. The minimum Gasteiger partial charge on any atom is -0.475 e. The van der Waals surface area contributed by atoms with Crippen LogP contribution in [0.25, 0.3) is 10.9 Å². The summed E-state index contributed by atoms with van der Waals surface area (Å²) in [7, 11) is 0. The molecule has 1 N–H and O–H groups in total. The zero-order valence-electron chi connectivity index (χ0n) is 13.3. The molecule has 5 nitrogen and oxygen atoms in total. The van der Waals surface area contributed by atoms with E-state index in [1.54, 1.807) is 6.92 Å². The topological polar surface area (TPSA) is 63.7 Å². The Morgan fingerprint density at radius 1 is 1.41 bits per heavy atom. The number of nitrogens with one attached hydrogen (secondary N) is 1. The molecule has 0 saturated carbocycles. The largest absolute Gasteiger partial charge is 0.475 e. The van der Waals surface area contributed by atoms with E-state index in [0.29, 0.717) is 24.8 Å². The van der Waals surface area contributed by atoms with Crippen molar-refractivity contribution in [1.82, 2.24) is 4.98 Å². The Balaban J connectivity index is 2.03. The lowest BCUT2D eigenvalue weighted by Crippen LogP contribution is -2.17. The van der Waals surface area contributed by atoms with E-state index in [2.05, 4.69) is 9.98 Å². The maximum atomic E-state index is 11.8. The van der Waals surface area contributed by atoms with Gasteiger partial charge in [-0.15, -0.1) is 0 Å². The summed E-state index contributed by atoms with van der Waals surface area (Å²) < 4.78 is 10.7. The third kappa shape index (κ3) is 2.58. The molecule has 3 rings (SSSR count). The molecule has 5 heteroatoms. The van der Waals surface area contributed by atoms with Crippen LogP contribution in [-0.4, -0.2) is 35.6 Å². The molecular weight excluding hydrogens is 280 g/mol. The highest BCUT2D eigenvalue weighted by Gasteiger charge is 2.28. The van der Waals surface area contributed by atoms with Crippen LogP contribution in [0, 0.1) is 6.92 Å². The van der Waals surface area contributed by atoms with Crippen molar-refractivity contribution >= 4 is 22.8 Å². The summed E-state index contributed by atoms with van der Waals surface area (Å²) in [4.78, 5) is 19.5. The summed E-state index contributed by atoms with van der Waals surface area (Å²) in [5, 5.41) is 0.974. The molecule has 1 aromatic carbocycles. The van der Waals surface area contributed by atoms with Crippen LogP contribution >= 0.6 is 0 Å². The predicted molar refractivity (Wildman–Crippen MR) is 85.6 cm³/mol. The summed E-state index contributed by atoms with van der Waals surface area (Å²) >= 11 is 0. The molecule has 0 radical (unpaired) electrons. The highest BCUT2D eigenvalue weighted by atomic mass is 16.5. The number of ether oxygens (including phenoxy) is 2. The molecule has 0 fully saturated rings. The van der Waals surface area contributed by atoms with Gasteiger partial charge in [0.1, 0.15) is 12.3 Å². The van der Waals surface area contributed by atoms with Gasteiger partial charge in [0.15, 0.2) is 0 Å². The fourth-order valence-electron chi connectivity index (χ4n) is 2.57. The first-order valence-corrected chi connectivity index (χ1v) is 7.43. The van der Waals surface area contributed by atoms with Crippen LogP contribution in [-0.2, 0) is 9.47 Å². The number of aromatic nitrogens is 1. The van der Waals surface area contributed by atoms with Gasteiger partial charge in [0.25, 0.3) is 0 Å². The first-order chi connectivity index (χ1) is 10.4. The molecule has 0 aliphatic carbocycles. The number of fused-ring (bicyclic) bond motifs is 1. The monoisotopic (exact) mass is 300 g/mol. The molecule has 0 bridgehead atoms. The zero-order valence-corrected chi connectivity index (χ0v) is 13.3. The molecule has 0 amide bonds. The van der Waals surface area contributed by atoms with Crippen LogP contribution in [0.2, 0.25) is 0 Å². The average molecular weight is 300 g/mol. The number of H-pyrrole nitrogens is 1. The number of rotatable bonds is 3. The van der Waals surface area contributed by atoms with E-state index in [0.717, 1.165) is 22.0 Å². The average Bonchev–Trinajstić information content (AvgIpc) is 3.00. The van der Waals surface area contributed by atoms with Gasteiger partial charge in [0.05, 0.1) is 12.1 Å². The Bertz CT molecular complexity index is 772. The molecule has 0 spiro atoms. The maximum Gasteiger partial charge on any atom is 0.354 e. The normalized spacial score (nSPS) is 16.5. The van der Waals surface area contributed by atoms with E-state index < -0.39 is 0 Å². The highest BCUT2D eigenvalue weighted by Crippen LogP contribution is 2.26. The number of hydrogen-bond donors (Lipinski definition) is 1. The van der Waals surface area contributed by atoms with Gasteiger partial charge in [-0.1, -0.05) is 0 Å². The second-order valence-electron chi connectivity index (χ2n) is 6.18. The predicted octanol–water partition coefficient (Wildman–Crippen LogP) is 3.21. The van der Waals surface area contributed by atoms with Crippen molar-refractivity contribution in [2.24, 2.45) is 4.99 Å². The molecular formula is C17H20N2O3. The van der Waals surface area contributed by atoms with Gasteiger partial charge >= 0.3 is 5.97 Å². The van der Waals surface area contributed by atoms with Gasteiger partial charge in [-0.05, 0) is 51.5 Å². The lowest BCUT2D eigenvalue weighted by Gasteiger charge is -2.07. The fraction of sp³-hybridized carbons (Fsp3) is 0.412. The Morgan fingerprint density at radius 2 is 2.18 bits per heavy atom. The third-order valence-corrected chi connectivity index (χ3v) is 3.66. The quantitative estimate of drug-likeness (QED) is 0.885. The number of nitrogens with zero attached hydrogens (tertiary/aromatic N) is 1. The van der Waals surface area contributed by atoms with Crippen LogP contribution in [0.5, 0.6) is 0 Å². The molecule has 0 saturated heterocycles. The second-order valence-corrected chi connectivity index (χ2v) is 6.18. The van der Waals surface area contributed by atoms with E-state index in [1.807, 2.05) is 39.0 Å². The number of carbonyl (C=O) groups excluding carboxylic acids is 1. The highest BCUT2D eigenvalue weighted by molar-refractivity contribution is 6.02. The fourth-order valence-corrected chi connectivity index (χ4v) is 2.57. The molecule has 1 aliphatic heterocycles. The Kier molecular flexibility index (Phi) is 3.43. The Labute approximate surface area is 129 Å². The molecule has 116 valence electrons. The number of esters is 1. The number of benzene rings is 1. The molecule has 2 aromatic rings. The van der Waals surface area contributed by atoms with Crippen LogP contribution in [0.3, 0.4) is 0 Å². The van der Waals surface area contributed by atoms with Gasteiger partial charge < -0.3 is 14.5 Å². The minimum atomic E-state index is -0.339. The molecule has 2 heterocycles. The summed E-state index contributed by atoms with van der Waals surface area (Å²) in [5.74, 6) is 0.324. The Morgan fingerprint density at radius 3 is 2.82 bits per heavy atom. The van der Waals surface area contributed by atoms with Gasteiger partial charge in [0.2, 0.25) is 5.90 Å². The van der Waals surface area contributed by atoms with Gasteiger partial charge in [-0.3, -0.25) is 0 Å². The Hall–Kier alpha value is -2.30.